The number of nitrogens with zero attached hydrogens (tertiary/aromatic N) is 1. The lowest BCUT2D eigenvalue weighted by Gasteiger charge is -2.38. The monoisotopic (exact) mass is 184 g/mol. The van der Waals surface area contributed by atoms with Crippen molar-refractivity contribution in [2.45, 2.75) is 38.6 Å². The minimum absolute atomic E-state index is 0.0994. The third-order valence-electron chi connectivity index (χ3n) is 3.03. The predicted molar refractivity (Wildman–Crippen MR) is 55.2 cm³/mol. The van der Waals surface area contributed by atoms with Gasteiger partial charge in [0.25, 0.3) is 0 Å². The van der Waals surface area contributed by atoms with Crippen molar-refractivity contribution in [1.29, 1.82) is 0 Å². The molecule has 0 heterocycles. The summed E-state index contributed by atoms with van der Waals surface area (Å²) >= 11 is 0. The molecule has 4 heteroatoms. The van der Waals surface area contributed by atoms with Crippen LogP contribution in [-0.4, -0.2) is 18.5 Å². The van der Waals surface area contributed by atoms with Gasteiger partial charge in [-0.3, -0.25) is 4.99 Å². The highest BCUT2D eigenvalue weighted by Gasteiger charge is 2.33. The molecule has 0 aromatic carbocycles. The SMILES string of the molecule is CC1(CN=C(N)N)CCCCC1N. The average Bonchev–Trinajstić information content (AvgIpc) is 2.07. The summed E-state index contributed by atoms with van der Waals surface area (Å²) in [6, 6.07) is 0.240. The molecule has 0 saturated heterocycles. The fourth-order valence-corrected chi connectivity index (χ4v) is 1.90. The Balaban J connectivity index is 2.56. The van der Waals surface area contributed by atoms with E-state index < -0.39 is 0 Å². The van der Waals surface area contributed by atoms with Crippen LogP contribution in [0.3, 0.4) is 0 Å². The molecule has 0 bridgehead atoms. The molecule has 1 aliphatic carbocycles. The van der Waals surface area contributed by atoms with Crippen molar-refractivity contribution in [2.75, 3.05) is 6.54 Å². The summed E-state index contributed by atoms with van der Waals surface area (Å²) in [5, 5.41) is 0. The van der Waals surface area contributed by atoms with E-state index in [1.807, 2.05) is 0 Å². The van der Waals surface area contributed by atoms with E-state index >= 15 is 0 Å². The standard InChI is InChI=1S/C9H20N4/c1-9(6-13-8(11)12)5-3-2-4-7(9)10/h7H,2-6,10H2,1H3,(H4,11,12,13). The Labute approximate surface area is 79.6 Å². The zero-order valence-corrected chi connectivity index (χ0v) is 8.29. The molecule has 0 aromatic heterocycles. The summed E-state index contributed by atoms with van der Waals surface area (Å²) in [5.41, 5.74) is 16.7. The summed E-state index contributed by atoms with van der Waals surface area (Å²) in [6.45, 7) is 2.83. The van der Waals surface area contributed by atoms with Crippen molar-refractivity contribution in [2.24, 2.45) is 27.6 Å². The van der Waals surface area contributed by atoms with Crippen LogP contribution in [0.5, 0.6) is 0 Å². The van der Waals surface area contributed by atoms with Crippen molar-refractivity contribution in [1.82, 2.24) is 0 Å². The highest BCUT2D eigenvalue weighted by Crippen LogP contribution is 2.34. The molecule has 0 aromatic rings. The van der Waals surface area contributed by atoms with E-state index in [0.717, 1.165) is 12.8 Å². The van der Waals surface area contributed by atoms with Gasteiger partial charge in [-0.05, 0) is 12.8 Å². The van der Waals surface area contributed by atoms with Gasteiger partial charge in [-0.15, -0.1) is 0 Å². The molecular formula is C9H20N4. The van der Waals surface area contributed by atoms with Gasteiger partial charge < -0.3 is 17.2 Å². The largest absolute Gasteiger partial charge is 0.370 e. The quantitative estimate of drug-likeness (QED) is 0.422. The van der Waals surface area contributed by atoms with Crippen LogP contribution in [0.15, 0.2) is 4.99 Å². The maximum atomic E-state index is 6.05. The maximum Gasteiger partial charge on any atom is 0.185 e. The summed E-state index contributed by atoms with van der Waals surface area (Å²) in [7, 11) is 0. The molecule has 6 N–H and O–H groups in total. The van der Waals surface area contributed by atoms with Gasteiger partial charge in [0.05, 0.1) is 0 Å². The normalized spacial score (nSPS) is 34.2. The lowest BCUT2D eigenvalue weighted by Crippen LogP contribution is -2.44. The van der Waals surface area contributed by atoms with Crippen molar-refractivity contribution in [3.63, 3.8) is 0 Å². The Hall–Kier alpha value is -0.770. The van der Waals surface area contributed by atoms with Crippen molar-refractivity contribution < 1.29 is 0 Å². The Morgan fingerprint density at radius 1 is 1.46 bits per heavy atom. The van der Waals surface area contributed by atoms with Crippen molar-refractivity contribution >= 4 is 5.96 Å². The molecule has 1 rings (SSSR count). The fraction of sp³-hybridized carbons (Fsp3) is 0.889. The Morgan fingerprint density at radius 3 is 2.69 bits per heavy atom. The molecule has 0 radical (unpaired) electrons. The lowest BCUT2D eigenvalue weighted by atomic mass is 9.72. The smallest absolute Gasteiger partial charge is 0.185 e. The first-order chi connectivity index (χ1) is 6.04. The second-order valence-corrected chi connectivity index (χ2v) is 4.25. The van der Waals surface area contributed by atoms with Crippen molar-refractivity contribution in [3.8, 4) is 0 Å². The lowest BCUT2D eigenvalue weighted by molar-refractivity contribution is 0.187. The number of hydrogen-bond acceptors (Lipinski definition) is 2. The number of rotatable bonds is 2. The fourth-order valence-electron chi connectivity index (χ4n) is 1.90. The minimum Gasteiger partial charge on any atom is -0.370 e. The van der Waals surface area contributed by atoms with Crippen molar-refractivity contribution in [3.05, 3.63) is 0 Å². The zero-order chi connectivity index (χ0) is 9.90. The van der Waals surface area contributed by atoms with Gasteiger partial charge in [0.15, 0.2) is 5.96 Å². The van der Waals surface area contributed by atoms with Gasteiger partial charge in [0, 0.05) is 18.0 Å². The summed E-state index contributed by atoms with van der Waals surface area (Å²) in [5.74, 6) is 0.166. The highest BCUT2D eigenvalue weighted by atomic mass is 15.0. The number of nitrogens with two attached hydrogens (primary N) is 3. The molecule has 4 nitrogen and oxygen atoms in total. The number of aliphatic imine (C=N–C) groups is 1. The topological polar surface area (TPSA) is 90.4 Å². The van der Waals surface area contributed by atoms with Crippen LogP contribution in [0.25, 0.3) is 0 Å². The first-order valence-corrected chi connectivity index (χ1v) is 4.85. The molecule has 0 amide bonds. The molecule has 13 heavy (non-hydrogen) atoms. The van der Waals surface area contributed by atoms with Crippen LogP contribution in [0.4, 0.5) is 0 Å². The molecule has 1 saturated carbocycles. The van der Waals surface area contributed by atoms with Gasteiger partial charge in [-0.1, -0.05) is 19.8 Å². The van der Waals surface area contributed by atoms with Gasteiger partial charge >= 0.3 is 0 Å². The second-order valence-electron chi connectivity index (χ2n) is 4.25. The van der Waals surface area contributed by atoms with E-state index in [0.29, 0.717) is 6.54 Å². The second kappa shape index (κ2) is 3.96. The number of hydrogen-bond donors (Lipinski definition) is 3. The first kappa shape index (κ1) is 10.3. The average molecular weight is 184 g/mol. The van der Waals surface area contributed by atoms with E-state index in [1.54, 1.807) is 0 Å². The van der Waals surface area contributed by atoms with Crippen LogP contribution in [0, 0.1) is 5.41 Å². The molecule has 76 valence electrons. The molecule has 0 spiro atoms. The van der Waals surface area contributed by atoms with E-state index in [2.05, 4.69) is 11.9 Å². The van der Waals surface area contributed by atoms with Gasteiger partial charge in [-0.2, -0.15) is 0 Å². The van der Waals surface area contributed by atoms with Crippen LogP contribution in [-0.2, 0) is 0 Å². The maximum absolute atomic E-state index is 6.05. The zero-order valence-electron chi connectivity index (χ0n) is 8.29. The van der Waals surface area contributed by atoms with Crippen LogP contribution in [0.1, 0.15) is 32.6 Å². The first-order valence-electron chi connectivity index (χ1n) is 4.85. The molecule has 0 aliphatic heterocycles. The van der Waals surface area contributed by atoms with Crippen LogP contribution >= 0.6 is 0 Å². The summed E-state index contributed by atoms with van der Waals surface area (Å²) in [6.07, 6.45) is 4.70. The van der Waals surface area contributed by atoms with Crippen LogP contribution < -0.4 is 17.2 Å². The van der Waals surface area contributed by atoms with E-state index in [9.17, 15) is 0 Å². The molecule has 2 atom stereocenters. The van der Waals surface area contributed by atoms with E-state index in [-0.39, 0.29) is 17.4 Å². The molecule has 2 unspecified atom stereocenters. The van der Waals surface area contributed by atoms with Crippen LogP contribution in [0.2, 0.25) is 0 Å². The highest BCUT2D eigenvalue weighted by molar-refractivity contribution is 5.75. The summed E-state index contributed by atoms with van der Waals surface area (Å²) in [4.78, 5) is 4.06. The Bertz CT molecular complexity index is 198. The Kier molecular flexibility index (Phi) is 3.14. The molecule has 1 aliphatic rings. The van der Waals surface area contributed by atoms with E-state index in [1.165, 1.54) is 12.8 Å². The predicted octanol–water partition coefficient (Wildman–Crippen LogP) is 0.167. The number of guanidine groups is 1. The van der Waals surface area contributed by atoms with E-state index in [4.69, 9.17) is 17.2 Å². The third-order valence-corrected chi connectivity index (χ3v) is 3.03. The minimum atomic E-state index is 0.0994. The van der Waals surface area contributed by atoms with Gasteiger partial charge in [0.1, 0.15) is 0 Å². The van der Waals surface area contributed by atoms with Gasteiger partial charge in [0.2, 0.25) is 0 Å². The summed E-state index contributed by atoms with van der Waals surface area (Å²) < 4.78 is 0. The Morgan fingerprint density at radius 2 is 2.15 bits per heavy atom. The molecule has 1 fully saturated rings. The molecular weight excluding hydrogens is 164 g/mol. The van der Waals surface area contributed by atoms with Gasteiger partial charge in [-0.25, -0.2) is 0 Å². The third kappa shape index (κ3) is 2.59.